The zero-order chi connectivity index (χ0) is 21.5. The van der Waals surface area contributed by atoms with Gasteiger partial charge in [0, 0.05) is 37.1 Å². The zero-order valence-electron chi connectivity index (χ0n) is 16.7. The molecule has 0 saturated carbocycles. The number of carbonyl (C=O) groups is 2. The van der Waals surface area contributed by atoms with E-state index in [-0.39, 0.29) is 30.5 Å². The lowest BCUT2D eigenvalue weighted by Crippen LogP contribution is -2.44. The summed E-state index contributed by atoms with van der Waals surface area (Å²) in [5.74, 6) is 0.504. The average Bonchev–Trinajstić information content (AvgIpc) is 3.16. The van der Waals surface area contributed by atoms with Crippen molar-refractivity contribution in [3.05, 3.63) is 57.7 Å². The van der Waals surface area contributed by atoms with E-state index < -0.39 is 11.7 Å². The molecule has 1 aromatic heterocycles. The molecule has 2 heterocycles. The van der Waals surface area contributed by atoms with Gasteiger partial charge in [-0.2, -0.15) is 0 Å². The number of carbonyl (C=O) groups excluding carboxylic acids is 2. The van der Waals surface area contributed by atoms with Gasteiger partial charge in [0.25, 0.3) is 5.91 Å². The summed E-state index contributed by atoms with van der Waals surface area (Å²) in [6.07, 6.45) is 0.117. The maximum atomic E-state index is 13.3. The number of aryl methyl sites for hydroxylation is 1. The van der Waals surface area contributed by atoms with Crippen LogP contribution >= 0.6 is 15.9 Å². The van der Waals surface area contributed by atoms with E-state index in [1.807, 2.05) is 19.1 Å². The van der Waals surface area contributed by atoms with Gasteiger partial charge in [-0.15, -0.1) is 0 Å². The van der Waals surface area contributed by atoms with Gasteiger partial charge in [-0.1, -0.05) is 0 Å². The van der Waals surface area contributed by atoms with Gasteiger partial charge in [0.05, 0.1) is 24.8 Å². The van der Waals surface area contributed by atoms with Gasteiger partial charge in [-0.3, -0.25) is 14.5 Å². The molecular weight excluding hydrogens is 457 g/mol. The maximum absolute atomic E-state index is 13.3. The molecule has 1 fully saturated rings. The molecule has 1 atom stereocenters. The zero-order valence-corrected chi connectivity index (χ0v) is 18.3. The molecule has 0 radical (unpaired) electrons. The van der Waals surface area contributed by atoms with Crippen molar-refractivity contribution in [3.8, 4) is 0 Å². The molecule has 1 aliphatic heterocycles. The summed E-state index contributed by atoms with van der Waals surface area (Å²) < 4.78 is 25.0. The van der Waals surface area contributed by atoms with Gasteiger partial charge >= 0.3 is 0 Å². The van der Waals surface area contributed by atoms with Crippen LogP contribution in [0.5, 0.6) is 0 Å². The van der Waals surface area contributed by atoms with Gasteiger partial charge in [-0.05, 0) is 53.2 Å². The highest BCUT2D eigenvalue weighted by Gasteiger charge is 2.25. The highest BCUT2D eigenvalue weighted by molar-refractivity contribution is 9.10. The fraction of sp³-hybridized carbons (Fsp3) is 0.429. The monoisotopic (exact) mass is 481 g/mol. The van der Waals surface area contributed by atoms with Crippen molar-refractivity contribution in [2.24, 2.45) is 0 Å². The van der Waals surface area contributed by atoms with Crippen LogP contribution in [-0.2, 0) is 9.53 Å². The Morgan fingerprint density at radius 1 is 1.20 bits per heavy atom. The van der Waals surface area contributed by atoms with Crippen LogP contribution in [0.1, 0.15) is 34.3 Å². The molecule has 2 amide bonds. The Hall–Kier alpha value is -2.23. The number of nitrogens with one attached hydrogen (secondary N) is 2. The number of ether oxygens (including phenoxy) is 1. The lowest BCUT2D eigenvalue weighted by molar-refractivity contribution is -0.121. The van der Waals surface area contributed by atoms with Crippen molar-refractivity contribution < 1.29 is 23.1 Å². The predicted octanol–water partition coefficient (Wildman–Crippen LogP) is 2.80. The third-order valence-corrected chi connectivity index (χ3v) is 5.57. The van der Waals surface area contributed by atoms with Crippen molar-refractivity contribution in [1.82, 2.24) is 15.5 Å². The van der Waals surface area contributed by atoms with Gasteiger partial charge in [0.1, 0.15) is 17.3 Å². The number of furan rings is 1. The molecule has 1 aromatic carbocycles. The summed E-state index contributed by atoms with van der Waals surface area (Å²) in [4.78, 5) is 26.7. The lowest BCUT2D eigenvalue weighted by atomic mass is 10.1. The van der Waals surface area contributed by atoms with Crippen molar-refractivity contribution in [2.75, 3.05) is 39.4 Å². The molecule has 3 rings (SSSR count). The maximum Gasteiger partial charge on any atom is 0.252 e. The molecule has 0 spiro atoms. The second-order valence-electron chi connectivity index (χ2n) is 7.05. The number of benzene rings is 1. The van der Waals surface area contributed by atoms with E-state index in [1.165, 1.54) is 12.1 Å². The number of rotatable bonds is 8. The normalized spacial score (nSPS) is 15.6. The highest BCUT2D eigenvalue weighted by atomic mass is 79.9. The van der Waals surface area contributed by atoms with Crippen LogP contribution in [0, 0.1) is 12.7 Å². The van der Waals surface area contributed by atoms with Crippen LogP contribution < -0.4 is 10.6 Å². The first-order valence-electron chi connectivity index (χ1n) is 9.82. The van der Waals surface area contributed by atoms with E-state index >= 15 is 0 Å². The third-order valence-electron chi connectivity index (χ3n) is 4.88. The minimum absolute atomic E-state index is 0.0793. The van der Waals surface area contributed by atoms with E-state index in [4.69, 9.17) is 9.15 Å². The topological polar surface area (TPSA) is 83.8 Å². The predicted molar refractivity (Wildman–Crippen MR) is 113 cm³/mol. The summed E-state index contributed by atoms with van der Waals surface area (Å²) in [6.45, 7) is 5.25. The highest BCUT2D eigenvalue weighted by Crippen LogP contribution is 2.23. The van der Waals surface area contributed by atoms with E-state index in [2.05, 4.69) is 31.5 Å². The number of nitrogens with zero attached hydrogens (tertiary/aromatic N) is 1. The molecule has 0 aliphatic carbocycles. The van der Waals surface area contributed by atoms with Crippen LogP contribution in [-0.4, -0.2) is 56.1 Å². The summed E-state index contributed by atoms with van der Waals surface area (Å²) >= 11 is 3.23. The lowest BCUT2D eigenvalue weighted by Gasteiger charge is -2.33. The van der Waals surface area contributed by atoms with E-state index in [0.29, 0.717) is 24.2 Å². The molecule has 1 unspecified atom stereocenters. The minimum atomic E-state index is -0.497. The Morgan fingerprint density at radius 3 is 2.67 bits per heavy atom. The van der Waals surface area contributed by atoms with Gasteiger partial charge in [0.15, 0.2) is 0 Å². The van der Waals surface area contributed by atoms with Crippen molar-refractivity contribution >= 4 is 27.7 Å². The van der Waals surface area contributed by atoms with Crippen molar-refractivity contribution in [3.63, 3.8) is 0 Å². The molecule has 9 heteroatoms. The smallest absolute Gasteiger partial charge is 0.252 e. The SMILES string of the molecule is Cc1ccc(C(CNC(=O)CCNC(=O)c2cc(F)ccc2Br)N2CCOCC2)o1. The third kappa shape index (κ3) is 6.13. The molecule has 162 valence electrons. The van der Waals surface area contributed by atoms with E-state index in [0.717, 1.165) is 30.7 Å². The molecule has 0 bridgehead atoms. The number of amides is 2. The summed E-state index contributed by atoms with van der Waals surface area (Å²) in [5.41, 5.74) is 0.191. The van der Waals surface area contributed by atoms with E-state index in [9.17, 15) is 14.0 Å². The second-order valence-corrected chi connectivity index (χ2v) is 7.90. The first kappa shape index (κ1) is 22.5. The number of morpholine rings is 1. The van der Waals surface area contributed by atoms with Gasteiger partial charge in [-0.25, -0.2) is 4.39 Å². The molecule has 30 heavy (non-hydrogen) atoms. The summed E-state index contributed by atoms with van der Waals surface area (Å²) in [7, 11) is 0. The molecular formula is C21H25BrFN3O4. The van der Waals surface area contributed by atoms with Crippen LogP contribution in [0.4, 0.5) is 4.39 Å². The largest absolute Gasteiger partial charge is 0.465 e. The number of halogens is 2. The number of hydrogen-bond donors (Lipinski definition) is 2. The van der Waals surface area contributed by atoms with Crippen LogP contribution in [0.15, 0.2) is 39.2 Å². The average molecular weight is 482 g/mol. The van der Waals surface area contributed by atoms with Crippen LogP contribution in [0.25, 0.3) is 0 Å². The quantitative estimate of drug-likeness (QED) is 0.605. The molecule has 2 N–H and O–H groups in total. The van der Waals surface area contributed by atoms with Gasteiger partial charge in [0.2, 0.25) is 5.91 Å². The second kappa shape index (κ2) is 10.7. The standard InChI is InChI=1S/C21H25BrFN3O4/c1-14-2-5-19(30-14)18(26-8-10-29-11-9-26)13-25-20(27)6-7-24-21(28)16-12-15(23)3-4-17(16)22/h2-5,12,18H,6-11,13H2,1H3,(H,24,28)(H,25,27). The molecule has 7 nitrogen and oxygen atoms in total. The molecule has 1 saturated heterocycles. The Labute approximate surface area is 183 Å². The summed E-state index contributed by atoms with van der Waals surface area (Å²) in [6, 6.07) is 7.64. The minimum Gasteiger partial charge on any atom is -0.465 e. The van der Waals surface area contributed by atoms with Crippen LogP contribution in [0.2, 0.25) is 0 Å². The van der Waals surface area contributed by atoms with Crippen molar-refractivity contribution in [1.29, 1.82) is 0 Å². The first-order valence-corrected chi connectivity index (χ1v) is 10.6. The molecule has 2 aromatic rings. The fourth-order valence-electron chi connectivity index (χ4n) is 3.29. The Kier molecular flexibility index (Phi) is 8.01. The summed E-state index contributed by atoms with van der Waals surface area (Å²) in [5, 5.41) is 5.56. The Balaban J connectivity index is 1.49. The Morgan fingerprint density at radius 2 is 1.97 bits per heavy atom. The fourth-order valence-corrected chi connectivity index (χ4v) is 3.71. The van der Waals surface area contributed by atoms with Crippen molar-refractivity contribution in [2.45, 2.75) is 19.4 Å². The molecule has 1 aliphatic rings. The van der Waals surface area contributed by atoms with Crippen LogP contribution in [0.3, 0.4) is 0 Å². The Bertz CT molecular complexity index is 883. The van der Waals surface area contributed by atoms with Gasteiger partial charge < -0.3 is 19.8 Å². The van der Waals surface area contributed by atoms with E-state index in [1.54, 1.807) is 0 Å². The number of hydrogen-bond acceptors (Lipinski definition) is 5. The first-order chi connectivity index (χ1) is 14.4.